The maximum atomic E-state index is 6.84. The van der Waals surface area contributed by atoms with Gasteiger partial charge in [-0.2, -0.15) is 0 Å². The summed E-state index contributed by atoms with van der Waals surface area (Å²) in [5, 5.41) is 0. The molecule has 0 atom stereocenters. The zero-order valence-electron chi connectivity index (χ0n) is 23.2. The number of hydrogen-bond acceptors (Lipinski definition) is 4. The van der Waals surface area contributed by atoms with Gasteiger partial charge in [-0.1, -0.05) is 0 Å². The van der Waals surface area contributed by atoms with Gasteiger partial charge in [-0.05, 0) is 0 Å². The minimum atomic E-state index is -3.14. The van der Waals surface area contributed by atoms with Crippen molar-refractivity contribution in [3.8, 4) is 0 Å². The molecule has 0 aliphatic rings. The van der Waals surface area contributed by atoms with Crippen LogP contribution < -0.4 is 0 Å². The Balaban J connectivity index is 6.72. The van der Waals surface area contributed by atoms with Crippen LogP contribution >= 0.6 is 0 Å². The van der Waals surface area contributed by atoms with Crippen LogP contribution in [0, 0.1) is 0 Å². The second-order valence-corrected chi connectivity index (χ2v) is 32.7. The van der Waals surface area contributed by atoms with Crippen LogP contribution in [0.25, 0.3) is 0 Å². The summed E-state index contributed by atoms with van der Waals surface area (Å²) >= 11 is -3.14. The van der Waals surface area contributed by atoms with E-state index in [0.717, 1.165) is 0 Å². The Labute approximate surface area is 191 Å². The fourth-order valence-electron chi connectivity index (χ4n) is 6.26. The summed E-state index contributed by atoms with van der Waals surface area (Å²) in [6, 6.07) is 0. The number of nitrogens with zero attached hydrogens (tertiary/aromatic N) is 2. The van der Waals surface area contributed by atoms with E-state index in [-0.39, 0.29) is 22.3 Å². The quantitative estimate of drug-likeness (QED) is 0.340. The topological polar surface area (TPSA) is 24.9 Å². The summed E-state index contributed by atoms with van der Waals surface area (Å²) in [7, 11) is -4.33. The molecule has 0 radical (unpaired) electrons. The first-order chi connectivity index (χ1) is 12.1. The second-order valence-electron chi connectivity index (χ2n) is 13.8. The van der Waals surface area contributed by atoms with Crippen LogP contribution in [0.5, 0.6) is 0 Å². The molecular weight excluding hydrogens is 472 g/mol. The average Bonchev–Trinajstić information content (AvgIpc) is 2.10. The molecule has 0 spiro atoms. The van der Waals surface area contributed by atoms with E-state index >= 15 is 0 Å². The fourth-order valence-corrected chi connectivity index (χ4v) is 45.8. The summed E-state index contributed by atoms with van der Waals surface area (Å²) in [6.07, 6.45) is 0. The van der Waals surface area contributed by atoms with Crippen molar-refractivity contribution < 1.29 is 29.7 Å². The van der Waals surface area contributed by atoms with Gasteiger partial charge in [-0.15, -0.1) is 0 Å². The Hall–Kier alpha value is 1.16. The maximum absolute atomic E-state index is 6.84. The van der Waals surface area contributed by atoms with Gasteiger partial charge in [0.2, 0.25) is 0 Å². The average molecular weight is 526 g/mol. The summed E-state index contributed by atoms with van der Waals surface area (Å²) in [5.74, 6) is 0. The molecular formula is C22H54N2O2Si2Zr. The van der Waals surface area contributed by atoms with Gasteiger partial charge in [-0.25, -0.2) is 0 Å². The zero-order chi connectivity index (χ0) is 24.1. The van der Waals surface area contributed by atoms with Crippen molar-refractivity contribution in [1.82, 2.24) is 5.02 Å². The molecule has 0 aliphatic carbocycles. The van der Waals surface area contributed by atoms with E-state index in [2.05, 4.69) is 124 Å². The third kappa shape index (κ3) is 8.90. The molecule has 0 saturated heterocycles. The molecule has 7 heteroatoms. The third-order valence-electron chi connectivity index (χ3n) is 4.62. The molecule has 4 nitrogen and oxygen atoms in total. The molecule has 29 heavy (non-hydrogen) atoms. The Morgan fingerprint density at radius 1 is 0.517 bits per heavy atom. The molecule has 0 amide bonds. The van der Waals surface area contributed by atoms with Crippen molar-refractivity contribution in [1.29, 1.82) is 0 Å². The molecule has 0 rings (SSSR count). The van der Waals surface area contributed by atoms with E-state index in [9.17, 15) is 0 Å². The Bertz CT molecular complexity index is 503. The van der Waals surface area contributed by atoms with Gasteiger partial charge < -0.3 is 0 Å². The normalized spacial score (nSPS) is 16.1. The van der Waals surface area contributed by atoms with Crippen molar-refractivity contribution in [3.05, 3.63) is 0 Å². The van der Waals surface area contributed by atoms with E-state index in [1.165, 1.54) is 0 Å². The van der Waals surface area contributed by atoms with Crippen LogP contribution in [-0.4, -0.2) is 44.3 Å². The van der Waals surface area contributed by atoms with Crippen LogP contribution in [0.2, 0.25) is 35.5 Å². The van der Waals surface area contributed by atoms with Crippen molar-refractivity contribution in [3.63, 3.8) is 0 Å². The molecule has 0 N–H and O–H groups in total. The molecule has 0 aliphatic heterocycles. The van der Waals surface area contributed by atoms with Gasteiger partial charge in [0, 0.05) is 0 Å². The predicted molar refractivity (Wildman–Crippen MR) is 132 cm³/mol. The van der Waals surface area contributed by atoms with E-state index in [4.69, 9.17) is 8.85 Å². The number of hydrogen-bond donors (Lipinski definition) is 0. The van der Waals surface area contributed by atoms with Crippen LogP contribution in [-0.2, 0) is 29.7 Å². The minimum absolute atomic E-state index is 0.0380. The molecule has 0 aromatic carbocycles. The standard InChI is InChI=1S/2C10H24NOSi.2CH3.Zr/c2*1-9(2,3)11-13(7,8)12-10(4,5)6;;;/h2*1-8H3;2*1H3;/q2*-1;;;+2. The van der Waals surface area contributed by atoms with E-state index in [1.54, 1.807) is 0 Å². The Kier molecular flexibility index (Phi) is 9.19. The Morgan fingerprint density at radius 3 is 0.862 bits per heavy atom. The summed E-state index contributed by atoms with van der Waals surface area (Å²) < 4.78 is 24.6. The van der Waals surface area contributed by atoms with Crippen LogP contribution in [0.1, 0.15) is 83.1 Å². The van der Waals surface area contributed by atoms with Gasteiger partial charge in [0.15, 0.2) is 0 Å². The van der Waals surface area contributed by atoms with Crippen molar-refractivity contribution >= 4 is 17.0 Å². The molecule has 0 heterocycles. The zero-order valence-corrected chi connectivity index (χ0v) is 27.7. The number of rotatable bonds is 6. The molecule has 0 aromatic rings. The Morgan fingerprint density at radius 2 is 0.724 bits per heavy atom. The van der Waals surface area contributed by atoms with Crippen LogP contribution in [0.3, 0.4) is 0 Å². The van der Waals surface area contributed by atoms with E-state index < -0.39 is 37.8 Å². The van der Waals surface area contributed by atoms with E-state index in [0.29, 0.717) is 0 Å². The van der Waals surface area contributed by atoms with Gasteiger partial charge >= 0.3 is 192 Å². The summed E-state index contributed by atoms with van der Waals surface area (Å²) in [5.41, 5.74) is -0.224. The molecule has 0 saturated carbocycles. The van der Waals surface area contributed by atoms with Crippen molar-refractivity contribution in [2.75, 3.05) is 0 Å². The summed E-state index contributed by atoms with van der Waals surface area (Å²) in [6.45, 7) is 36.9. The molecule has 0 bridgehead atoms. The predicted octanol–water partition coefficient (Wildman–Crippen LogP) is 7.30. The summed E-state index contributed by atoms with van der Waals surface area (Å²) in [4.78, 5) is 0. The van der Waals surface area contributed by atoms with E-state index in [1.807, 2.05) is 0 Å². The monoisotopic (exact) mass is 524 g/mol. The molecule has 0 aromatic heterocycles. The van der Waals surface area contributed by atoms with Gasteiger partial charge in [-0.3, -0.25) is 0 Å². The van der Waals surface area contributed by atoms with Gasteiger partial charge in [0.05, 0.1) is 0 Å². The third-order valence-corrected chi connectivity index (χ3v) is 33.4. The second kappa shape index (κ2) is 8.83. The first-order valence-corrected chi connectivity index (χ1v) is 24.0. The van der Waals surface area contributed by atoms with Gasteiger partial charge in [0.1, 0.15) is 0 Å². The molecule has 176 valence electrons. The fraction of sp³-hybridized carbons (Fsp3) is 1.00. The first-order valence-electron chi connectivity index (χ1n) is 11.2. The molecule has 0 fully saturated rings. The first kappa shape index (κ1) is 30.2. The van der Waals surface area contributed by atoms with Crippen LogP contribution in [0.4, 0.5) is 0 Å². The van der Waals surface area contributed by atoms with Crippen molar-refractivity contribution in [2.45, 2.75) is 141 Å². The van der Waals surface area contributed by atoms with Gasteiger partial charge in [0.25, 0.3) is 0 Å². The molecule has 0 unspecified atom stereocenters. The van der Waals surface area contributed by atoms with Crippen molar-refractivity contribution in [2.24, 2.45) is 0 Å². The SMILES string of the molecule is CC(C)(C)O[Si](C)(C)[N](C(C)(C)C)[Zr]([CH3])([CH3])[N](C(C)(C)C)[Si](C)(C)OC(C)(C)C. The van der Waals surface area contributed by atoms with Crippen LogP contribution in [0.15, 0.2) is 0 Å².